The highest BCUT2D eigenvalue weighted by Gasteiger charge is 2.31. The first-order chi connectivity index (χ1) is 17.1. The maximum Gasteiger partial charge on any atom is 0.244 e. The summed E-state index contributed by atoms with van der Waals surface area (Å²) in [6, 6.07) is 18.5. The van der Waals surface area contributed by atoms with Gasteiger partial charge in [-0.15, -0.1) is 11.8 Å². The van der Waals surface area contributed by atoms with E-state index in [0.29, 0.717) is 34.4 Å². The van der Waals surface area contributed by atoms with Crippen LogP contribution in [-0.2, 0) is 9.59 Å². The van der Waals surface area contributed by atoms with Gasteiger partial charge in [0.15, 0.2) is 23.0 Å². The molecular formula is C26H24N2O6S. The number of rotatable bonds is 6. The van der Waals surface area contributed by atoms with Crippen molar-refractivity contribution in [3.63, 3.8) is 0 Å². The molecule has 8 nitrogen and oxygen atoms in total. The smallest absolute Gasteiger partial charge is 0.244 e. The molecule has 0 radical (unpaired) electrons. The second kappa shape index (κ2) is 9.79. The standard InChI is InChI=1S/C26H24N2O6S/c1-31-19-9-7-16(11-21(19)32-2)24-13-26(30)28(18-5-3-4-6-23(18)35-24)14-25(29)27-17-8-10-20-22(12-17)34-15-33-20/h3-12,24H,13-15H2,1-2H3,(H,27,29)/t24-/m1/s1. The number of thioether (sulfide) groups is 1. The number of ether oxygens (including phenoxy) is 4. The number of anilines is 2. The lowest BCUT2D eigenvalue weighted by molar-refractivity contribution is -0.121. The van der Waals surface area contributed by atoms with Gasteiger partial charge in [0.1, 0.15) is 6.54 Å². The second-order valence-corrected chi connectivity index (χ2v) is 9.23. The lowest BCUT2D eigenvalue weighted by Gasteiger charge is -2.22. The van der Waals surface area contributed by atoms with Crippen LogP contribution in [0.3, 0.4) is 0 Å². The molecule has 0 aromatic heterocycles. The maximum absolute atomic E-state index is 13.4. The Labute approximate surface area is 207 Å². The Morgan fingerprint density at radius 3 is 2.66 bits per heavy atom. The number of carbonyl (C=O) groups is 2. The van der Waals surface area contributed by atoms with Gasteiger partial charge >= 0.3 is 0 Å². The average molecular weight is 493 g/mol. The molecule has 0 unspecified atom stereocenters. The van der Waals surface area contributed by atoms with Gasteiger partial charge in [0.25, 0.3) is 0 Å². The highest BCUT2D eigenvalue weighted by molar-refractivity contribution is 7.99. The number of hydrogen-bond acceptors (Lipinski definition) is 7. The number of nitrogens with zero attached hydrogens (tertiary/aromatic N) is 1. The number of benzene rings is 3. The maximum atomic E-state index is 13.4. The molecule has 1 atom stereocenters. The first-order valence-corrected chi connectivity index (χ1v) is 11.9. The molecule has 3 aromatic carbocycles. The third-order valence-electron chi connectivity index (χ3n) is 5.82. The summed E-state index contributed by atoms with van der Waals surface area (Å²) in [5, 5.41) is 2.71. The fraction of sp³-hybridized carbons (Fsp3) is 0.231. The molecule has 2 heterocycles. The predicted octanol–water partition coefficient (Wildman–Crippen LogP) is 4.64. The molecule has 0 spiro atoms. The summed E-state index contributed by atoms with van der Waals surface area (Å²) in [4.78, 5) is 28.8. The van der Waals surface area contributed by atoms with Crippen molar-refractivity contribution >= 4 is 35.0 Å². The molecule has 0 saturated heterocycles. The van der Waals surface area contributed by atoms with Crippen LogP contribution in [0.25, 0.3) is 0 Å². The summed E-state index contributed by atoms with van der Waals surface area (Å²) < 4.78 is 21.5. The zero-order chi connectivity index (χ0) is 24.4. The number of methoxy groups -OCH3 is 2. The Hall–Kier alpha value is -3.85. The summed E-state index contributed by atoms with van der Waals surface area (Å²) in [6.07, 6.45) is 0.228. The van der Waals surface area contributed by atoms with E-state index in [1.165, 1.54) is 0 Å². The van der Waals surface area contributed by atoms with E-state index in [4.69, 9.17) is 18.9 Å². The van der Waals surface area contributed by atoms with E-state index in [-0.39, 0.29) is 36.8 Å². The van der Waals surface area contributed by atoms with E-state index in [9.17, 15) is 9.59 Å². The molecule has 1 N–H and O–H groups in total. The van der Waals surface area contributed by atoms with Crippen LogP contribution in [0, 0.1) is 0 Å². The van der Waals surface area contributed by atoms with E-state index in [1.54, 1.807) is 49.1 Å². The van der Waals surface area contributed by atoms with Gasteiger partial charge in [0.2, 0.25) is 18.6 Å². The number of nitrogens with one attached hydrogen (secondary N) is 1. The van der Waals surface area contributed by atoms with Crippen LogP contribution in [0.4, 0.5) is 11.4 Å². The Balaban J connectivity index is 1.38. The summed E-state index contributed by atoms with van der Waals surface area (Å²) in [6.45, 7) is 0.0498. The molecule has 0 saturated carbocycles. The minimum absolute atomic E-state index is 0.108. The van der Waals surface area contributed by atoms with Crippen LogP contribution in [0.2, 0.25) is 0 Å². The lowest BCUT2D eigenvalue weighted by atomic mass is 10.1. The first kappa shape index (κ1) is 22.9. The molecule has 9 heteroatoms. The largest absolute Gasteiger partial charge is 0.493 e. The summed E-state index contributed by atoms with van der Waals surface area (Å²) >= 11 is 1.59. The molecule has 2 amide bonds. The number of para-hydroxylation sites is 1. The average Bonchev–Trinajstić information content (AvgIpc) is 3.29. The number of amides is 2. The zero-order valence-electron chi connectivity index (χ0n) is 19.3. The van der Waals surface area contributed by atoms with Crippen LogP contribution in [-0.4, -0.2) is 39.4 Å². The van der Waals surface area contributed by atoms with Gasteiger partial charge in [0.05, 0.1) is 19.9 Å². The predicted molar refractivity (Wildman–Crippen MR) is 133 cm³/mol. The van der Waals surface area contributed by atoms with Gasteiger partial charge in [-0.2, -0.15) is 0 Å². The first-order valence-electron chi connectivity index (χ1n) is 11.0. The Morgan fingerprint density at radius 1 is 1.03 bits per heavy atom. The van der Waals surface area contributed by atoms with Crippen molar-refractivity contribution in [3.8, 4) is 23.0 Å². The number of hydrogen-bond donors (Lipinski definition) is 1. The third-order valence-corrected chi connectivity index (χ3v) is 7.15. The molecule has 3 aromatic rings. The van der Waals surface area contributed by atoms with Gasteiger partial charge in [-0.25, -0.2) is 0 Å². The molecule has 0 bridgehead atoms. The number of fused-ring (bicyclic) bond motifs is 2. The fourth-order valence-electron chi connectivity index (χ4n) is 4.11. The van der Waals surface area contributed by atoms with Gasteiger partial charge < -0.3 is 29.2 Å². The van der Waals surface area contributed by atoms with Crippen molar-refractivity contribution in [2.45, 2.75) is 16.6 Å². The van der Waals surface area contributed by atoms with Crippen molar-refractivity contribution in [3.05, 3.63) is 66.2 Å². The van der Waals surface area contributed by atoms with Crippen LogP contribution in [0.1, 0.15) is 17.2 Å². The molecule has 2 aliphatic rings. The van der Waals surface area contributed by atoms with Crippen LogP contribution < -0.4 is 29.2 Å². The summed E-state index contributed by atoms with van der Waals surface area (Å²) in [5.74, 6) is 2.01. The Morgan fingerprint density at radius 2 is 1.83 bits per heavy atom. The van der Waals surface area contributed by atoms with Crippen LogP contribution in [0.5, 0.6) is 23.0 Å². The zero-order valence-corrected chi connectivity index (χ0v) is 20.1. The van der Waals surface area contributed by atoms with Crippen LogP contribution in [0.15, 0.2) is 65.6 Å². The number of carbonyl (C=O) groups excluding carboxylic acids is 2. The summed E-state index contributed by atoms with van der Waals surface area (Å²) in [7, 11) is 3.17. The monoisotopic (exact) mass is 492 g/mol. The van der Waals surface area contributed by atoms with Crippen molar-refractivity contribution in [1.29, 1.82) is 0 Å². The highest BCUT2D eigenvalue weighted by atomic mass is 32.2. The molecule has 5 rings (SSSR count). The highest BCUT2D eigenvalue weighted by Crippen LogP contribution is 2.46. The minimum Gasteiger partial charge on any atom is -0.493 e. The minimum atomic E-state index is -0.304. The Kier molecular flexibility index (Phi) is 6.41. The molecule has 2 aliphatic heterocycles. The molecular weight excluding hydrogens is 468 g/mol. The summed E-state index contributed by atoms with van der Waals surface area (Å²) in [5.41, 5.74) is 2.24. The molecule has 35 heavy (non-hydrogen) atoms. The van der Waals surface area contributed by atoms with Crippen molar-refractivity contribution in [1.82, 2.24) is 0 Å². The van der Waals surface area contributed by atoms with Gasteiger partial charge in [-0.3, -0.25) is 9.59 Å². The fourth-order valence-corrected chi connectivity index (χ4v) is 5.38. The van der Waals surface area contributed by atoms with E-state index in [0.717, 1.165) is 10.5 Å². The second-order valence-electron chi connectivity index (χ2n) is 7.99. The quantitative estimate of drug-likeness (QED) is 0.536. The molecule has 0 aliphatic carbocycles. The van der Waals surface area contributed by atoms with Crippen molar-refractivity contribution < 1.29 is 28.5 Å². The van der Waals surface area contributed by atoms with Gasteiger partial charge in [0, 0.05) is 28.3 Å². The van der Waals surface area contributed by atoms with Gasteiger partial charge in [-0.05, 0) is 42.0 Å². The van der Waals surface area contributed by atoms with Gasteiger partial charge in [-0.1, -0.05) is 18.2 Å². The topological polar surface area (TPSA) is 86.3 Å². The van der Waals surface area contributed by atoms with Crippen LogP contribution >= 0.6 is 11.8 Å². The molecule has 180 valence electrons. The van der Waals surface area contributed by atoms with Crippen molar-refractivity contribution in [2.24, 2.45) is 0 Å². The van der Waals surface area contributed by atoms with E-state index in [1.807, 2.05) is 42.5 Å². The van der Waals surface area contributed by atoms with E-state index < -0.39 is 0 Å². The normalized spacial score (nSPS) is 16.3. The lowest BCUT2D eigenvalue weighted by Crippen LogP contribution is -2.38. The SMILES string of the molecule is COc1ccc([C@H]2CC(=O)N(CC(=O)Nc3ccc4c(c3)OCO4)c3ccccc3S2)cc1OC. The third kappa shape index (κ3) is 4.72. The van der Waals surface area contributed by atoms with E-state index >= 15 is 0 Å². The Bertz CT molecular complexity index is 1280. The van der Waals surface area contributed by atoms with E-state index in [2.05, 4.69) is 5.32 Å². The molecule has 0 fully saturated rings. The van der Waals surface area contributed by atoms with Crippen molar-refractivity contribution in [2.75, 3.05) is 37.8 Å².